The molecule has 120 valence electrons. The van der Waals surface area contributed by atoms with Gasteiger partial charge in [-0.15, -0.1) is 0 Å². The van der Waals surface area contributed by atoms with E-state index in [1.165, 1.54) is 4.68 Å². The molecule has 0 bridgehead atoms. The second-order valence-corrected chi connectivity index (χ2v) is 7.11. The monoisotopic (exact) mass is 344 g/mol. The third-order valence-electron chi connectivity index (χ3n) is 4.61. The van der Waals surface area contributed by atoms with Gasteiger partial charge in [0.1, 0.15) is 17.0 Å². The zero-order valence-electron chi connectivity index (χ0n) is 13.0. The second-order valence-electron chi connectivity index (χ2n) is 5.95. The number of nitriles is 1. The van der Waals surface area contributed by atoms with E-state index in [0.29, 0.717) is 16.9 Å². The smallest absolute Gasteiger partial charge is 0.295 e. The van der Waals surface area contributed by atoms with Gasteiger partial charge >= 0.3 is 0 Å². The lowest BCUT2D eigenvalue weighted by atomic mass is 10.1. The van der Waals surface area contributed by atoms with Gasteiger partial charge in [0, 0.05) is 10.5 Å². The van der Waals surface area contributed by atoms with E-state index in [4.69, 9.17) is 0 Å². The molecule has 0 fully saturated rings. The summed E-state index contributed by atoms with van der Waals surface area (Å²) in [5, 5.41) is 13.9. The predicted molar refractivity (Wildman–Crippen MR) is 96.4 cm³/mol. The Kier molecular flexibility index (Phi) is 2.99. The number of nitrogens with zero attached hydrogens (tertiary/aromatic N) is 4. The van der Waals surface area contributed by atoms with Crippen LogP contribution in [0, 0.1) is 11.3 Å². The van der Waals surface area contributed by atoms with Gasteiger partial charge in [-0.05, 0) is 24.3 Å². The number of para-hydroxylation sites is 2. The molecule has 2 unspecified atom stereocenters. The maximum Gasteiger partial charge on any atom is 0.295 e. The number of thioether (sulfide) groups is 1. The molecule has 5 nitrogen and oxygen atoms in total. The van der Waals surface area contributed by atoms with E-state index in [0.717, 1.165) is 10.6 Å². The highest BCUT2D eigenvalue weighted by atomic mass is 32.2. The van der Waals surface area contributed by atoms with Crippen LogP contribution in [0.3, 0.4) is 0 Å². The molecule has 0 radical (unpaired) electrons. The van der Waals surface area contributed by atoms with Crippen LogP contribution in [0.4, 0.5) is 11.4 Å². The number of aromatic nitrogens is 2. The van der Waals surface area contributed by atoms with Crippen LogP contribution in [0.5, 0.6) is 0 Å². The third-order valence-corrected chi connectivity index (χ3v) is 5.93. The zero-order valence-corrected chi connectivity index (χ0v) is 13.9. The van der Waals surface area contributed by atoms with Gasteiger partial charge in [-0.2, -0.15) is 15.0 Å². The highest BCUT2D eigenvalue weighted by Gasteiger charge is 2.47. The molecule has 6 heteroatoms. The first-order valence-electron chi connectivity index (χ1n) is 7.92. The Balaban J connectivity index is 1.77. The summed E-state index contributed by atoms with van der Waals surface area (Å²) in [4.78, 5) is 16.3. The van der Waals surface area contributed by atoms with Crippen molar-refractivity contribution < 1.29 is 0 Å². The molecule has 2 aliphatic rings. The molecule has 1 aromatic heterocycles. The Labute approximate surface area is 148 Å². The zero-order chi connectivity index (χ0) is 17.0. The van der Waals surface area contributed by atoms with Crippen LogP contribution in [0.1, 0.15) is 11.5 Å². The summed E-state index contributed by atoms with van der Waals surface area (Å²) in [6, 6.07) is 19.7. The summed E-state index contributed by atoms with van der Waals surface area (Å²) in [6.07, 6.45) is 1.67. The van der Waals surface area contributed by atoms with Gasteiger partial charge in [-0.3, -0.25) is 4.79 Å². The minimum Gasteiger partial charge on any atom is -0.321 e. The van der Waals surface area contributed by atoms with E-state index in [-0.39, 0.29) is 16.9 Å². The minimum absolute atomic E-state index is 0.112. The van der Waals surface area contributed by atoms with Crippen molar-refractivity contribution >= 4 is 23.1 Å². The predicted octanol–water partition coefficient (Wildman–Crippen LogP) is 3.42. The van der Waals surface area contributed by atoms with E-state index in [2.05, 4.69) is 11.2 Å². The Hall–Kier alpha value is -3.04. The van der Waals surface area contributed by atoms with Gasteiger partial charge in [-0.25, -0.2) is 0 Å². The molecule has 2 atom stereocenters. The summed E-state index contributed by atoms with van der Waals surface area (Å²) in [5.74, 6) is -0.377. The maximum absolute atomic E-state index is 13.2. The van der Waals surface area contributed by atoms with E-state index in [1.54, 1.807) is 18.0 Å². The molecule has 2 aromatic carbocycles. The van der Waals surface area contributed by atoms with Crippen molar-refractivity contribution in [1.29, 1.82) is 5.26 Å². The molecule has 0 saturated heterocycles. The van der Waals surface area contributed by atoms with Crippen LogP contribution in [0.25, 0.3) is 5.69 Å². The van der Waals surface area contributed by atoms with E-state index < -0.39 is 0 Å². The molecule has 0 aliphatic carbocycles. The van der Waals surface area contributed by atoms with Crippen LogP contribution in [-0.4, -0.2) is 15.2 Å². The number of hydrogen-bond donors (Lipinski definition) is 0. The van der Waals surface area contributed by atoms with Gasteiger partial charge in [0.15, 0.2) is 0 Å². The first-order valence-corrected chi connectivity index (χ1v) is 8.80. The van der Waals surface area contributed by atoms with Gasteiger partial charge in [0.25, 0.3) is 5.56 Å². The average molecular weight is 344 g/mol. The van der Waals surface area contributed by atoms with E-state index >= 15 is 0 Å². The first kappa shape index (κ1) is 14.3. The minimum atomic E-state index is -0.377. The molecule has 5 rings (SSSR count). The summed E-state index contributed by atoms with van der Waals surface area (Å²) < 4.78 is 1.40. The lowest BCUT2D eigenvalue weighted by molar-refractivity contribution is 0.799. The van der Waals surface area contributed by atoms with Crippen LogP contribution in [-0.2, 0) is 0 Å². The van der Waals surface area contributed by atoms with E-state index in [1.807, 2.05) is 59.5 Å². The summed E-state index contributed by atoms with van der Waals surface area (Å²) in [6.45, 7) is 0. The molecule has 25 heavy (non-hydrogen) atoms. The van der Waals surface area contributed by atoms with Crippen LogP contribution >= 0.6 is 11.8 Å². The summed E-state index contributed by atoms with van der Waals surface area (Å²) in [7, 11) is 0. The molecule has 0 saturated carbocycles. The lowest BCUT2D eigenvalue weighted by Gasteiger charge is -2.19. The number of benzene rings is 2. The SMILES string of the molecule is N#CC1c2cnn(-c3ccccc3)c(=O)c2N2c3ccccc3SC12. The summed E-state index contributed by atoms with van der Waals surface area (Å²) in [5.41, 5.74) is 2.79. The molecular weight excluding hydrogens is 332 g/mol. The molecule has 3 heterocycles. The average Bonchev–Trinajstić information content (AvgIpc) is 3.17. The highest BCUT2D eigenvalue weighted by molar-refractivity contribution is 8.00. The van der Waals surface area contributed by atoms with E-state index in [9.17, 15) is 10.1 Å². The fraction of sp³-hybridized carbons (Fsp3) is 0.105. The number of fused-ring (bicyclic) bond motifs is 5. The van der Waals surface area contributed by atoms with Gasteiger partial charge < -0.3 is 4.90 Å². The van der Waals surface area contributed by atoms with Gasteiger partial charge in [0.2, 0.25) is 0 Å². The fourth-order valence-electron chi connectivity index (χ4n) is 3.51. The second kappa shape index (κ2) is 5.23. The molecule has 0 spiro atoms. The Bertz CT molecular complexity index is 1090. The van der Waals surface area contributed by atoms with Crippen molar-refractivity contribution in [1.82, 2.24) is 9.78 Å². The normalized spacial score (nSPS) is 19.9. The highest BCUT2D eigenvalue weighted by Crippen LogP contribution is 2.56. The Morgan fingerprint density at radius 1 is 1.08 bits per heavy atom. The standard InChI is InChI=1S/C19H12N4OS/c20-10-13-14-11-21-23(12-6-2-1-3-7-12)18(24)17(14)22-15-8-4-5-9-16(15)25-19(13)22/h1-9,11,13,19H. The van der Waals surface area contributed by atoms with Crippen molar-refractivity contribution in [2.24, 2.45) is 0 Å². The van der Waals surface area contributed by atoms with Crippen molar-refractivity contribution in [3.8, 4) is 11.8 Å². The van der Waals surface area contributed by atoms with Gasteiger partial charge in [-0.1, -0.05) is 42.1 Å². The van der Waals surface area contributed by atoms with Crippen LogP contribution < -0.4 is 10.5 Å². The van der Waals surface area contributed by atoms with Gasteiger partial charge in [0.05, 0.1) is 23.6 Å². The Morgan fingerprint density at radius 3 is 2.64 bits per heavy atom. The first-order chi connectivity index (χ1) is 12.3. The molecule has 0 N–H and O–H groups in total. The quantitative estimate of drug-likeness (QED) is 0.677. The number of hydrogen-bond acceptors (Lipinski definition) is 5. The van der Waals surface area contributed by atoms with Crippen molar-refractivity contribution in [3.63, 3.8) is 0 Å². The Morgan fingerprint density at radius 2 is 1.84 bits per heavy atom. The summed E-state index contributed by atoms with van der Waals surface area (Å²) >= 11 is 1.63. The number of rotatable bonds is 1. The molecule has 2 aliphatic heterocycles. The van der Waals surface area contributed by atoms with Crippen molar-refractivity contribution in [2.45, 2.75) is 16.2 Å². The van der Waals surface area contributed by atoms with Crippen molar-refractivity contribution in [3.05, 3.63) is 76.7 Å². The molecule has 3 aromatic rings. The van der Waals surface area contributed by atoms with Crippen LogP contribution in [0.2, 0.25) is 0 Å². The molecular formula is C19H12N4OS. The van der Waals surface area contributed by atoms with Crippen LogP contribution in [0.15, 0.2) is 70.5 Å². The number of anilines is 2. The maximum atomic E-state index is 13.2. The van der Waals surface area contributed by atoms with Crippen molar-refractivity contribution in [2.75, 3.05) is 4.90 Å². The topological polar surface area (TPSA) is 61.9 Å². The molecule has 0 amide bonds. The fourth-order valence-corrected chi connectivity index (χ4v) is 4.88. The third kappa shape index (κ3) is 1.90. The lowest BCUT2D eigenvalue weighted by Crippen LogP contribution is -2.29. The largest absolute Gasteiger partial charge is 0.321 e.